The second-order valence-electron chi connectivity index (χ2n) is 1.32. The van der Waals surface area contributed by atoms with Gasteiger partial charge in [0.2, 0.25) is 0 Å². The van der Waals surface area contributed by atoms with E-state index in [9.17, 15) is 0 Å². The van der Waals surface area contributed by atoms with Crippen molar-refractivity contribution in [3.05, 3.63) is 0 Å². The van der Waals surface area contributed by atoms with Gasteiger partial charge in [0.15, 0.2) is 0 Å². The first-order valence-electron chi connectivity index (χ1n) is 2.71. The van der Waals surface area contributed by atoms with E-state index in [1.807, 2.05) is 0 Å². The fraction of sp³-hybridized carbons (Fsp3) is 0.800. The summed E-state index contributed by atoms with van der Waals surface area (Å²) in [5.41, 5.74) is 0. The Bertz CT molecular complexity index is 48.2. The Balaban J connectivity index is 0. The van der Waals surface area contributed by atoms with Gasteiger partial charge in [-0.05, 0) is 0 Å². The summed E-state index contributed by atoms with van der Waals surface area (Å²) in [6.07, 6.45) is 2.52. The minimum absolute atomic E-state index is 0.250. The van der Waals surface area contributed by atoms with Crippen molar-refractivity contribution in [2.24, 2.45) is 0 Å². The molecule has 0 bridgehead atoms. The van der Waals surface area contributed by atoms with Crippen molar-refractivity contribution in [3.63, 3.8) is 0 Å². The Morgan fingerprint density at radius 2 is 2.22 bits per heavy atom. The molecule has 0 atom stereocenters. The van der Waals surface area contributed by atoms with Crippen LogP contribution in [0.2, 0.25) is 0 Å². The van der Waals surface area contributed by atoms with Gasteiger partial charge in [0, 0.05) is 0 Å². The Kier molecular flexibility index (Phi) is 20.8. The Morgan fingerprint density at radius 3 is 2.33 bits per heavy atom. The van der Waals surface area contributed by atoms with Gasteiger partial charge < -0.3 is 5.11 Å². The van der Waals surface area contributed by atoms with Crippen molar-refractivity contribution in [2.75, 3.05) is 6.54 Å². The number of nitrogens with one attached hydrogen (secondary N) is 1. The van der Waals surface area contributed by atoms with Crippen LogP contribution in [-0.2, 0) is 26.1 Å². The zero-order chi connectivity index (χ0) is 7.54. The summed E-state index contributed by atoms with van der Waals surface area (Å²) in [5, 5.41) is 6.89. The maximum Gasteiger partial charge on any atom is 0.290 e. The van der Waals surface area contributed by atoms with E-state index in [1.54, 1.807) is 0 Å². The van der Waals surface area contributed by atoms with E-state index in [2.05, 4.69) is 32.0 Å². The van der Waals surface area contributed by atoms with Crippen LogP contribution in [0.4, 0.5) is 0 Å². The maximum atomic E-state index is 8.36. The molecule has 0 rings (SSSR count). The normalized spacial score (nSPS) is 7.44. The minimum Gasteiger partial charge on any atom is -0.483 e. The minimum atomic E-state index is -0.250. The molecule has 0 fully saturated rings. The molecule has 0 unspecified atom stereocenters. The van der Waals surface area contributed by atoms with Crippen LogP contribution in [0.25, 0.3) is 0 Å². The average molecular weight is 226 g/mol. The maximum absolute atomic E-state index is 8.36. The van der Waals surface area contributed by atoms with E-state index < -0.39 is 0 Å². The van der Waals surface area contributed by atoms with Crippen LogP contribution in [0.5, 0.6) is 0 Å². The number of carbonyl (C=O) groups is 1. The second kappa shape index (κ2) is 15.7. The van der Waals surface area contributed by atoms with Crippen molar-refractivity contribution in [2.45, 2.75) is 19.8 Å². The van der Waals surface area contributed by atoms with Crippen LogP contribution in [-0.4, -0.2) is 18.1 Å². The van der Waals surface area contributed by atoms with Crippen molar-refractivity contribution >= 4 is 6.47 Å². The van der Waals surface area contributed by atoms with E-state index in [4.69, 9.17) is 9.90 Å². The zero-order valence-corrected chi connectivity index (χ0v) is 6.84. The SMILES string of the molecule is CCCC[NH][Ag].O=CO. The van der Waals surface area contributed by atoms with Crippen molar-refractivity contribution < 1.29 is 31.2 Å². The van der Waals surface area contributed by atoms with E-state index in [0.717, 1.165) is 6.54 Å². The summed E-state index contributed by atoms with van der Waals surface area (Å²) in [6.45, 7) is 3.00. The molecule has 0 aromatic rings. The summed E-state index contributed by atoms with van der Waals surface area (Å²) >= 11 is 3.12. The Hall–Kier alpha value is 0.170. The number of unbranched alkanes of at least 4 members (excludes halogenated alkanes) is 1. The topological polar surface area (TPSA) is 49.3 Å². The van der Waals surface area contributed by atoms with Crippen LogP contribution in [0.3, 0.4) is 0 Å². The number of hydrogen-bond donors (Lipinski definition) is 2. The molecular formula is C5H12AgNO2. The number of rotatable bonds is 3. The summed E-state index contributed by atoms with van der Waals surface area (Å²) in [5.74, 6) is 0. The van der Waals surface area contributed by atoms with Gasteiger partial charge in [-0.2, -0.15) is 0 Å². The third kappa shape index (κ3) is 30.9. The third-order valence-electron chi connectivity index (χ3n) is 0.606. The second-order valence-corrected chi connectivity index (χ2v) is 1.84. The molecule has 0 aliphatic heterocycles. The van der Waals surface area contributed by atoms with Gasteiger partial charge in [0.25, 0.3) is 6.47 Å². The largest absolute Gasteiger partial charge is 0.483 e. The molecule has 0 amide bonds. The quantitative estimate of drug-likeness (QED) is 0.419. The summed E-state index contributed by atoms with van der Waals surface area (Å²) in [4.78, 5) is 8.36. The van der Waals surface area contributed by atoms with Gasteiger partial charge in [-0.25, -0.2) is 0 Å². The van der Waals surface area contributed by atoms with Gasteiger partial charge in [-0.3, -0.25) is 4.79 Å². The van der Waals surface area contributed by atoms with Crippen molar-refractivity contribution in [1.82, 2.24) is 3.72 Å². The van der Waals surface area contributed by atoms with Crippen molar-refractivity contribution in [3.8, 4) is 0 Å². The van der Waals surface area contributed by atoms with E-state index in [-0.39, 0.29) is 6.47 Å². The van der Waals surface area contributed by atoms with Crippen LogP contribution in [0.15, 0.2) is 0 Å². The number of carboxylic acid groups (broad SMARTS) is 1. The molecule has 0 aliphatic carbocycles. The van der Waals surface area contributed by atoms with E-state index in [0.29, 0.717) is 0 Å². The molecule has 0 spiro atoms. The van der Waals surface area contributed by atoms with Gasteiger partial charge in [-0.1, -0.05) is 0 Å². The van der Waals surface area contributed by atoms with E-state index in [1.165, 1.54) is 12.8 Å². The molecule has 3 nitrogen and oxygen atoms in total. The van der Waals surface area contributed by atoms with Crippen LogP contribution < -0.4 is 3.72 Å². The van der Waals surface area contributed by atoms with Gasteiger partial charge >= 0.3 is 51.4 Å². The standard InChI is InChI=1S/C4H10N.CH2O2.Ag/c1-2-3-4-5;2-1-3;/h5H,2-4H2,1H3;1H,(H,2,3);/q-1;;+1. The summed E-state index contributed by atoms with van der Waals surface area (Å²) in [7, 11) is 0. The van der Waals surface area contributed by atoms with Crippen LogP contribution in [0.1, 0.15) is 19.8 Å². The predicted molar refractivity (Wildman–Crippen MR) is 31.6 cm³/mol. The number of hydrogen-bond acceptors (Lipinski definition) is 2. The molecule has 9 heavy (non-hydrogen) atoms. The summed E-state index contributed by atoms with van der Waals surface area (Å²) in [6, 6.07) is 0. The molecular weight excluding hydrogens is 214 g/mol. The molecule has 0 saturated heterocycles. The molecule has 0 aromatic carbocycles. The molecule has 0 aliphatic rings. The predicted octanol–water partition coefficient (Wildman–Crippen LogP) is 0.539. The monoisotopic (exact) mass is 225 g/mol. The molecule has 0 radical (unpaired) electrons. The van der Waals surface area contributed by atoms with E-state index >= 15 is 0 Å². The molecule has 4 heteroatoms. The first-order valence-corrected chi connectivity index (χ1v) is 3.45. The van der Waals surface area contributed by atoms with Gasteiger partial charge in [0.05, 0.1) is 0 Å². The Morgan fingerprint density at radius 1 is 1.78 bits per heavy atom. The molecule has 0 aromatic heterocycles. The van der Waals surface area contributed by atoms with Gasteiger partial charge in [0.1, 0.15) is 0 Å². The molecule has 0 saturated carbocycles. The zero-order valence-electron chi connectivity index (χ0n) is 5.36. The fourth-order valence-corrected chi connectivity index (χ4v) is 0.492. The molecule has 0 heterocycles. The fourth-order valence-electron chi connectivity index (χ4n) is 0.230. The smallest absolute Gasteiger partial charge is 0.290 e. The Labute approximate surface area is 68.1 Å². The first-order chi connectivity index (χ1) is 4.33. The average Bonchev–Trinajstić information content (AvgIpc) is 1.86. The van der Waals surface area contributed by atoms with Crippen molar-refractivity contribution in [1.29, 1.82) is 0 Å². The third-order valence-corrected chi connectivity index (χ3v) is 0.976. The molecule has 60 valence electrons. The molecule has 2 N–H and O–H groups in total. The first kappa shape index (κ1) is 11.9. The van der Waals surface area contributed by atoms with Crippen LogP contribution >= 0.6 is 0 Å². The van der Waals surface area contributed by atoms with Crippen LogP contribution in [0, 0.1) is 0 Å². The summed E-state index contributed by atoms with van der Waals surface area (Å²) < 4.78 is 2.88. The van der Waals surface area contributed by atoms with Gasteiger partial charge in [-0.15, -0.1) is 0 Å².